The topological polar surface area (TPSA) is 105 Å². The van der Waals surface area contributed by atoms with Crippen LogP contribution in [-0.4, -0.2) is 111 Å². The number of likely N-dealkylation sites (N-methyl/N-ethyl adjacent to an activating group) is 1. The summed E-state index contributed by atoms with van der Waals surface area (Å²) in [7, 11) is 3.25. The Hall–Kier alpha value is -1.62. The van der Waals surface area contributed by atoms with E-state index >= 15 is 0 Å². The van der Waals surface area contributed by atoms with E-state index < -0.39 is 5.97 Å². The molecule has 1 aromatic heterocycles. The highest BCUT2D eigenvalue weighted by Crippen LogP contribution is 2.05. The minimum absolute atomic E-state index is 0.0289. The molecule has 1 aromatic rings. The number of aliphatic hydroxyl groups is 2. The number of carbonyl (C=O) groups is 1. The molecule has 0 aromatic carbocycles. The quantitative estimate of drug-likeness (QED) is 0.284. The number of rotatable bonds is 16. The van der Waals surface area contributed by atoms with E-state index in [4.69, 9.17) is 14.6 Å². The molecule has 0 unspecified atom stereocenters. The fourth-order valence-corrected chi connectivity index (χ4v) is 2.44. The van der Waals surface area contributed by atoms with Crippen molar-refractivity contribution < 1.29 is 29.2 Å². The van der Waals surface area contributed by atoms with Crippen molar-refractivity contribution in [3.63, 3.8) is 0 Å². The van der Waals surface area contributed by atoms with Crippen molar-refractivity contribution in [3.05, 3.63) is 29.6 Å². The lowest BCUT2D eigenvalue weighted by atomic mass is 10.3. The number of pyridine rings is 1. The van der Waals surface area contributed by atoms with E-state index in [2.05, 4.69) is 9.72 Å². The van der Waals surface area contributed by atoms with Gasteiger partial charge in [0, 0.05) is 32.7 Å². The van der Waals surface area contributed by atoms with Crippen LogP contribution in [0.2, 0.25) is 0 Å². The number of esters is 1. The molecule has 0 fully saturated rings. The maximum absolute atomic E-state index is 11.6. The van der Waals surface area contributed by atoms with Crippen molar-refractivity contribution >= 4 is 5.97 Å². The van der Waals surface area contributed by atoms with Crippen molar-refractivity contribution in [2.24, 2.45) is 0 Å². The maximum atomic E-state index is 11.6. The number of nitrogens with zero attached hydrogens (tertiary/aromatic N) is 3. The van der Waals surface area contributed by atoms with Crippen molar-refractivity contribution in [2.45, 2.75) is 6.54 Å². The van der Waals surface area contributed by atoms with E-state index in [1.165, 1.54) is 7.11 Å². The lowest BCUT2D eigenvalue weighted by Gasteiger charge is -2.21. The Bertz CT molecular complexity index is 546. The summed E-state index contributed by atoms with van der Waals surface area (Å²) in [5.74, 6) is -0.471. The summed E-state index contributed by atoms with van der Waals surface area (Å²) in [5, 5.41) is 18.1. The summed E-state index contributed by atoms with van der Waals surface area (Å²) in [4.78, 5) is 19.9. The Labute approximate surface area is 166 Å². The molecule has 28 heavy (non-hydrogen) atoms. The molecule has 9 nitrogen and oxygen atoms in total. The molecule has 0 saturated carbocycles. The number of hydrogen-bond acceptors (Lipinski definition) is 9. The molecule has 9 heteroatoms. The first-order chi connectivity index (χ1) is 13.6. The zero-order chi connectivity index (χ0) is 20.6. The summed E-state index contributed by atoms with van der Waals surface area (Å²) < 4.78 is 15.8. The molecule has 2 N–H and O–H groups in total. The highest BCUT2D eigenvalue weighted by molar-refractivity contribution is 5.87. The largest absolute Gasteiger partial charge is 0.464 e. The minimum atomic E-state index is -0.471. The van der Waals surface area contributed by atoms with Gasteiger partial charge in [0.25, 0.3) is 0 Å². The minimum Gasteiger partial charge on any atom is -0.464 e. The Morgan fingerprint density at radius 2 is 1.68 bits per heavy atom. The average molecular weight is 399 g/mol. The third-order valence-electron chi connectivity index (χ3n) is 4.03. The molecule has 0 aliphatic heterocycles. The second-order valence-corrected chi connectivity index (χ2v) is 6.26. The van der Waals surface area contributed by atoms with Gasteiger partial charge < -0.3 is 29.3 Å². The molecular formula is C19H33N3O6. The molecule has 0 radical (unpaired) electrons. The van der Waals surface area contributed by atoms with Crippen LogP contribution in [0, 0.1) is 0 Å². The maximum Gasteiger partial charge on any atom is 0.356 e. The van der Waals surface area contributed by atoms with Crippen LogP contribution in [-0.2, 0) is 20.8 Å². The average Bonchev–Trinajstić information content (AvgIpc) is 2.69. The fourth-order valence-electron chi connectivity index (χ4n) is 2.44. The summed E-state index contributed by atoms with van der Waals surface area (Å²) in [6, 6.07) is 5.20. The van der Waals surface area contributed by atoms with Gasteiger partial charge in [-0.25, -0.2) is 9.78 Å². The Morgan fingerprint density at radius 3 is 2.32 bits per heavy atom. The summed E-state index contributed by atoms with van der Waals surface area (Å²) >= 11 is 0. The van der Waals surface area contributed by atoms with Gasteiger partial charge in [-0.05, 0) is 19.2 Å². The van der Waals surface area contributed by atoms with Crippen molar-refractivity contribution in [2.75, 3.05) is 80.0 Å². The van der Waals surface area contributed by atoms with Gasteiger partial charge >= 0.3 is 5.97 Å². The lowest BCUT2D eigenvalue weighted by molar-refractivity contribution is 0.0297. The van der Waals surface area contributed by atoms with Crippen LogP contribution in [0.3, 0.4) is 0 Å². The van der Waals surface area contributed by atoms with Crippen LogP contribution >= 0.6 is 0 Å². The van der Waals surface area contributed by atoms with Crippen LogP contribution < -0.4 is 0 Å². The predicted molar refractivity (Wildman–Crippen MR) is 104 cm³/mol. The number of aromatic nitrogens is 1. The van der Waals surface area contributed by atoms with E-state index in [1.54, 1.807) is 12.1 Å². The number of hydrogen-bond donors (Lipinski definition) is 2. The van der Waals surface area contributed by atoms with Gasteiger partial charge in [-0.15, -0.1) is 0 Å². The number of carbonyl (C=O) groups excluding carboxylic acids is 1. The fraction of sp³-hybridized carbons (Fsp3) is 0.684. The monoisotopic (exact) mass is 399 g/mol. The predicted octanol–water partition coefficient (Wildman–Crippen LogP) is -0.380. The number of ether oxygens (including phenoxy) is 3. The second-order valence-electron chi connectivity index (χ2n) is 6.26. The van der Waals surface area contributed by atoms with Gasteiger partial charge in [-0.1, -0.05) is 6.07 Å². The zero-order valence-corrected chi connectivity index (χ0v) is 16.9. The van der Waals surface area contributed by atoms with E-state index in [0.717, 1.165) is 12.2 Å². The highest BCUT2D eigenvalue weighted by atomic mass is 16.5. The van der Waals surface area contributed by atoms with Gasteiger partial charge in [0.1, 0.15) is 5.69 Å². The van der Waals surface area contributed by atoms with Crippen LogP contribution in [0.25, 0.3) is 0 Å². The van der Waals surface area contributed by atoms with E-state index in [0.29, 0.717) is 52.6 Å². The third-order valence-corrected chi connectivity index (χ3v) is 4.03. The van der Waals surface area contributed by atoms with Gasteiger partial charge in [0.05, 0.1) is 52.4 Å². The molecule has 0 atom stereocenters. The molecule has 1 heterocycles. The molecule has 1 rings (SSSR count). The Balaban J connectivity index is 2.25. The molecule has 0 aliphatic carbocycles. The standard InChI is InChI=1S/C19H33N3O6/c1-21(6-10-23)8-12-27-14-15-28-13-9-22(7-11-24)16-17-4-3-5-18(20-17)19(25)26-2/h3-5,23-24H,6-16H2,1-2H3. The van der Waals surface area contributed by atoms with E-state index in [-0.39, 0.29) is 18.9 Å². The van der Waals surface area contributed by atoms with Gasteiger partial charge in [0.15, 0.2) is 0 Å². The van der Waals surface area contributed by atoms with Crippen LogP contribution in [0.5, 0.6) is 0 Å². The molecular weight excluding hydrogens is 366 g/mol. The Morgan fingerprint density at radius 1 is 1.00 bits per heavy atom. The number of aliphatic hydroxyl groups excluding tert-OH is 2. The highest BCUT2D eigenvalue weighted by Gasteiger charge is 2.11. The Kier molecular flexibility index (Phi) is 13.4. The van der Waals surface area contributed by atoms with Crippen LogP contribution in [0.15, 0.2) is 18.2 Å². The van der Waals surface area contributed by atoms with Gasteiger partial charge in [0.2, 0.25) is 0 Å². The molecule has 0 bridgehead atoms. The smallest absolute Gasteiger partial charge is 0.356 e. The zero-order valence-electron chi connectivity index (χ0n) is 16.9. The van der Waals surface area contributed by atoms with Gasteiger partial charge in [-0.3, -0.25) is 4.90 Å². The summed E-state index contributed by atoms with van der Waals surface area (Å²) in [6.07, 6.45) is 0. The first-order valence-electron chi connectivity index (χ1n) is 9.43. The van der Waals surface area contributed by atoms with Gasteiger partial charge in [-0.2, -0.15) is 0 Å². The third kappa shape index (κ3) is 10.6. The molecule has 0 spiro atoms. The molecule has 0 aliphatic rings. The molecule has 0 amide bonds. The molecule has 160 valence electrons. The first kappa shape index (κ1) is 24.4. The van der Waals surface area contributed by atoms with Crippen molar-refractivity contribution in [1.29, 1.82) is 0 Å². The van der Waals surface area contributed by atoms with E-state index in [1.807, 2.05) is 22.9 Å². The number of methoxy groups -OCH3 is 1. The summed E-state index contributed by atoms with van der Waals surface area (Å²) in [5.41, 5.74) is 0.994. The summed E-state index contributed by atoms with van der Waals surface area (Å²) in [6.45, 7) is 5.30. The SMILES string of the molecule is COC(=O)c1cccc(CN(CCO)CCOCCOCCN(C)CCO)n1. The first-order valence-corrected chi connectivity index (χ1v) is 9.43. The van der Waals surface area contributed by atoms with Crippen molar-refractivity contribution in [3.8, 4) is 0 Å². The van der Waals surface area contributed by atoms with E-state index in [9.17, 15) is 9.90 Å². The molecule has 0 saturated heterocycles. The van der Waals surface area contributed by atoms with Crippen LogP contribution in [0.1, 0.15) is 16.2 Å². The van der Waals surface area contributed by atoms with Crippen molar-refractivity contribution in [1.82, 2.24) is 14.8 Å². The normalized spacial score (nSPS) is 11.4. The second kappa shape index (κ2) is 15.3. The lowest BCUT2D eigenvalue weighted by Crippen LogP contribution is -2.31. The van der Waals surface area contributed by atoms with Crippen LogP contribution in [0.4, 0.5) is 0 Å².